The van der Waals surface area contributed by atoms with Crippen molar-refractivity contribution in [1.82, 2.24) is 4.90 Å². The first kappa shape index (κ1) is 11.5. The Bertz CT molecular complexity index is 337. The van der Waals surface area contributed by atoms with Gasteiger partial charge in [0.1, 0.15) is 5.75 Å². The zero-order chi connectivity index (χ0) is 11.4. The third kappa shape index (κ3) is 2.56. The highest BCUT2D eigenvalue weighted by molar-refractivity contribution is 5.31. The number of rotatable bonds is 4. The van der Waals surface area contributed by atoms with Gasteiger partial charge >= 0.3 is 0 Å². The summed E-state index contributed by atoms with van der Waals surface area (Å²) in [6, 6.07) is 8.52. The second-order valence-electron chi connectivity index (χ2n) is 4.56. The molecule has 0 radical (unpaired) electrons. The zero-order valence-corrected chi connectivity index (χ0v) is 10.3. The molecule has 0 saturated carbocycles. The van der Waals surface area contributed by atoms with Crippen LogP contribution in [-0.4, -0.2) is 31.6 Å². The Morgan fingerprint density at radius 2 is 2.31 bits per heavy atom. The Balaban J connectivity index is 2.02. The first-order chi connectivity index (χ1) is 7.83. The summed E-state index contributed by atoms with van der Waals surface area (Å²) in [7, 11) is 1.73. The fourth-order valence-electron chi connectivity index (χ4n) is 2.52. The largest absolute Gasteiger partial charge is 0.497 e. The van der Waals surface area contributed by atoms with E-state index in [4.69, 9.17) is 4.74 Å². The highest BCUT2D eigenvalue weighted by Crippen LogP contribution is 2.29. The highest BCUT2D eigenvalue weighted by Gasteiger charge is 2.23. The molecule has 0 aromatic heterocycles. The molecule has 1 unspecified atom stereocenters. The van der Waals surface area contributed by atoms with Gasteiger partial charge in [0, 0.05) is 6.54 Å². The number of methoxy groups -OCH3 is 1. The quantitative estimate of drug-likeness (QED) is 0.772. The van der Waals surface area contributed by atoms with Crippen LogP contribution in [0.2, 0.25) is 0 Å². The first-order valence-electron chi connectivity index (χ1n) is 6.19. The molecule has 2 heteroatoms. The van der Waals surface area contributed by atoms with Crippen molar-refractivity contribution < 1.29 is 4.74 Å². The third-order valence-electron chi connectivity index (χ3n) is 3.38. The lowest BCUT2D eigenvalue weighted by Gasteiger charge is -2.15. The second kappa shape index (κ2) is 5.35. The summed E-state index contributed by atoms with van der Waals surface area (Å²) in [5.41, 5.74) is 1.43. The normalized spacial score (nSPS) is 21.2. The van der Waals surface area contributed by atoms with Crippen molar-refractivity contribution in [3.05, 3.63) is 29.8 Å². The van der Waals surface area contributed by atoms with E-state index in [0.717, 1.165) is 5.75 Å². The van der Waals surface area contributed by atoms with Crippen molar-refractivity contribution >= 4 is 0 Å². The standard InChI is InChI=1S/C14H21NO/c1-3-8-15-9-7-13(11-15)12-5-4-6-14(10-12)16-2/h4-6,10,13H,3,7-9,11H2,1-2H3. The van der Waals surface area contributed by atoms with Crippen LogP contribution in [0.3, 0.4) is 0 Å². The summed E-state index contributed by atoms with van der Waals surface area (Å²) in [6.07, 6.45) is 2.54. The van der Waals surface area contributed by atoms with Gasteiger partial charge in [-0.1, -0.05) is 19.1 Å². The third-order valence-corrected chi connectivity index (χ3v) is 3.38. The van der Waals surface area contributed by atoms with Crippen LogP contribution in [0.25, 0.3) is 0 Å². The minimum Gasteiger partial charge on any atom is -0.497 e. The van der Waals surface area contributed by atoms with Crippen molar-refractivity contribution in [3.63, 3.8) is 0 Å². The van der Waals surface area contributed by atoms with Crippen molar-refractivity contribution in [2.45, 2.75) is 25.7 Å². The fourth-order valence-corrected chi connectivity index (χ4v) is 2.52. The van der Waals surface area contributed by atoms with Gasteiger partial charge in [0.05, 0.1) is 7.11 Å². The van der Waals surface area contributed by atoms with Gasteiger partial charge in [-0.05, 0) is 49.5 Å². The Labute approximate surface area is 98.2 Å². The van der Waals surface area contributed by atoms with Crippen molar-refractivity contribution in [2.75, 3.05) is 26.7 Å². The van der Waals surface area contributed by atoms with Crippen molar-refractivity contribution in [3.8, 4) is 5.75 Å². The fraction of sp³-hybridized carbons (Fsp3) is 0.571. The zero-order valence-electron chi connectivity index (χ0n) is 10.3. The summed E-state index contributed by atoms with van der Waals surface area (Å²) in [5.74, 6) is 1.67. The van der Waals surface area contributed by atoms with E-state index < -0.39 is 0 Å². The summed E-state index contributed by atoms with van der Waals surface area (Å²) >= 11 is 0. The Morgan fingerprint density at radius 1 is 1.44 bits per heavy atom. The van der Waals surface area contributed by atoms with E-state index in [1.54, 1.807) is 7.11 Å². The molecule has 1 atom stereocenters. The van der Waals surface area contributed by atoms with Crippen molar-refractivity contribution in [2.24, 2.45) is 0 Å². The molecule has 0 aliphatic carbocycles. The molecule has 1 heterocycles. The molecular weight excluding hydrogens is 198 g/mol. The molecule has 88 valence electrons. The lowest BCUT2D eigenvalue weighted by molar-refractivity contribution is 0.335. The number of likely N-dealkylation sites (tertiary alicyclic amines) is 1. The van der Waals surface area contributed by atoms with E-state index >= 15 is 0 Å². The van der Waals surface area contributed by atoms with Crippen LogP contribution < -0.4 is 4.74 Å². The van der Waals surface area contributed by atoms with Gasteiger partial charge in [-0.25, -0.2) is 0 Å². The molecule has 1 aliphatic heterocycles. The molecular formula is C14H21NO. The maximum atomic E-state index is 5.28. The van der Waals surface area contributed by atoms with Gasteiger partial charge in [0.15, 0.2) is 0 Å². The number of nitrogens with zero attached hydrogens (tertiary/aromatic N) is 1. The van der Waals surface area contributed by atoms with Crippen LogP contribution >= 0.6 is 0 Å². The lowest BCUT2D eigenvalue weighted by Crippen LogP contribution is -2.20. The Kier molecular flexibility index (Phi) is 3.83. The van der Waals surface area contributed by atoms with E-state index in [-0.39, 0.29) is 0 Å². The van der Waals surface area contributed by atoms with Crippen LogP contribution in [0.4, 0.5) is 0 Å². The Morgan fingerprint density at radius 3 is 3.06 bits per heavy atom. The van der Waals surface area contributed by atoms with Gasteiger partial charge < -0.3 is 9.64 Å². The Hall–Kier alpha value is -1.02. The van der Waals surface area contributed by atoms with Gasteiger partial charge in [-0.15, -0.1) is 0 Å². The molecule has 0 N–H and O–H groups in total. The molecule has 1 saturated heterocycles. The molecule has 2 nitrogen and oxygen atoms in total. The molecule has 0 amide bonds. The SMILES string of the molecule is CCCN1CCC(c2cccc(OC)c2)C1. The summed E-state index contributed by atoms with van der Waals surface area (Å²) < 4.78 is 5.28. The topological polar surface area (TPSA) is 12.5 Å². The van der Waals surface area contributed by atoms with Crippen LogP contribution in [0.15, 0.2) is 24.3 Å². The minimum atomic E-state index is 0.696. The molecule has 1 fully saturated rings. The molecule has 1 aromatic carbocycles. The number of ether oxygens (including phenoxy) is 1. The molecule has 0 spiro atoms. The molecule has 2 rings (SSSR count). The van der Waals surface area contributed by atoms with E-state index in [2.05, 4.69) is 30.0 Å². The van der Waals surface area contributed by atoms with E-state index in [1.165, 1.54) is 38.0 Å². The smallest absolute Gasteiger partial charge is 0.119 e. The van der Waals surface area contributed by atoms with E-state index in [9.17, 15) is 0 Å². The monoisotopic (exact) mass is 219 g/mol. The number of hydrogen-bond donors (Lipinski definition) is 0. The van der Waals surface area contributed by atoms with Crippen LogP contribution in [-0.2, 0) is 0 Å². The predicted molar refractivity (Wildman–Crippen MR) is 67.1 cm³/mol. The lowest BCUT2D eigenvalue weighted by atomic mass is 9.98. The summed E-state index contributed by atoms with van der Waals surface area (Å²) in [5, 5.41) is 0. The predicted octanol–water partition coefficient (Wildman–Crippen LogP) is 2.89. The molecule has 1 aliphatic rings. The van der Waals surface area contributed by atoms with E-state index in [0.29, 0.717) is 5.92 Å². The second-order valence-corrected chi connectivity index (χ2v) is 4.56. The van der Waals surface area contributed by atoms with Gasteiger partial charge in [0.2, 0.25) is 0 Å². The maximum absolute atomic E-state index is 5.28. The molecule has 0 bridgehead atoms. The van der Waals surface area contributed by atoms with Crippen LogP contribution in [0.5, 0.6) is 5.75 Å². The maximum Gasteiger partial charge on any atom is 0.119 e. The van der Waals surface area contributed by atoms with Gasteiger partial charge in [-0.3, -0.25) is 0 Å². The summed E-state index contributed by atoms with van der Waals surface area (Å²) in [6.45, 7) is 5.94. The van der Waals surface area contributed by atoms with Crippen molar-refractivity contribution in [1.29, 1.82) is 0 Å². The molecule has 16 heavy (non-hydrogen) atoms. The van der Waals surface area contributed by atoms with Gasteiger partial charge in [0.25, 0.3) is 0 Å². The molecule has 1 aromatic rings. The average molecular weight is 219 g/mol. The number of benzene rings is 1. The average Bonchev–Trinajstić information content (AvgIpc) is 2.78. The van der Waals surface area contributed by atoms with Gasteiger partial charge in [-0.2, -0.15) is 0 Å². The minimum absolute atomic E-state index is 0.696. The van der Waals surface area contributed by atoms with Crippen LogP contribution in [0, 0.1) is 0 Å². The first-order valence-corrected chi connectivity index (χ1v) is 6.19. The highest BCUT2D eigenvalue weighted by atomic mass is 16.5. The van der Waals surface area contributed by atoms with Crippen LogP contribution in [0.1, 0.15) is 31.2 Å². The summed E-state index contributed by atoms with van der Waals surface area (Å²) in [4.78, 5) is 2.56. The number of hydrogen-bond acceptors (Lipinski definition) is 2. The van der Waals surface area contributed by atoms with E-state index in [1.807, 2.05) is 6.07 Å².